The van der Waals surface area contributed by atoms with E-state index in [0.29, 0.717) is 5.56 Å². The van der Waals surface area contributed by atoms with Gasteiger partial charge in [-0.1, -0.05) is 51.3 Å². The number of halogens is 3. The van der Waals surface area contributed by atoms with Gasteiger partial charge in [0.1, 0.15) is 10.4 Å². The van der Waals surface area contributed by atoms with Gasteiger partial charge in [0.2, 0.25) is 0 Å². The molecule has 0 unspecified atom stereocenters. The highest BCUT2D eigenvalue weighted by Gasteiger charge is 2.48. The van der Waals surface area contributed by atoms with Crippen molar-refractivity contribution in [2.45, 2.75) is 25.4 Å². The van der Waals surface area contributed by atoms with Crippen LogP contribution in [0.15, 0.2) is 39.3 Å². The van der Waals surface area contributed by atoms with E-state index in [2.05, 4.69) is 15.9 Å². The van der Waals surface area contributed by atoms with Gasteiger partial charge in [0.05, 0.1) is 12.2 Å². The summed E-state index contributed by atoms with van der Waals surface area (Å²) in [7, 11) is 0. The van der Waals surface area contributed by atoms with Crippen molar-refractivity contribution >= 4 is 50.9 Å². The average molecular weight is 436 g/mol. The number of hydrogen-bond donors (Lipinski definition) is 1. The van der Waals surface area contributed by atoms with Crippen molar-refractivity contribution < 1.29 is 19.4 Å². The summed E-state index contributed by atoms with van der Waals surface area (Å²) in [5.74, 6) is -2.66. The molecule has 1 N–H and O–H groups in total. The molecule has 1 aliphatic rings. The fraction of sp³-hybridized carbons (Fsp3) is 0.412. The second kappa shape index (κ2) is 8.00. The fourth-order valence-corrected chi connectivity index (χ4v) is 3.79. The van der Waals surface area contributed by atoms with Gasteiger partial charge in [-0.2, -0.15) is 0 Å². The van der Waals surface area contributed by atoms with E-state index in [9.17, 15) is 14.7 Å². The topological polar surface area (TPSA) is 63.6 Å². The molecule has 0 aliphatic heterocycles. The Labute approximate surface area is 158 Å². The molecule has 0 aromatic heterocycles. The van der Waals surface area contributed by atoms with Crippen LogP contribution in [-0.4, -0.2) is 23.5 Å². The van der Waals surface area contributed by atoms with Crippen LogP contribution in [0.2, 0.25) is 0 Å². The first kappa shape index (κ1) is 19.4. The Kier molecular flexibility index (Phi) is 6.48. The van der Waals surface area contributed by atoms with E-state index < -0.39 is 29.2 Å². The average Bonchev–Trinajstić information content (AvgIpc) is 2.46. The van der Waals surface area contributed by atoms with E-state index in [1.165, 1.54) is 6.08 Å². The number of allylic oxidation sites excluding steroid dienone is 1. The van der Waals surface area contributed by atoms with Gasteiger partial charge in [-0.05, 0) is 37.1 Å². The highest BCUT2D eigenvalue weighted by atomic mass is 79.9. The minimum Gasteiger partial charge on any atom is -0.465 e. The zero-order valence-electron chi connectivity index (χ0n) is 13.0. The molecule has 1 saturated carbocycles. The van der Waals surface area contributed by atoms with E-state index in [1.54, 1.807) is 25.1 Å². The summed E-state index contributed by atoms with van der Waals surface area (Å²) in [6.45, 7) is 1.84. The summed E-state index contributed by atoms with van der Waals surface area (Å²) in [5.41, 5.74) is -0.800. The van der Waals surface area contributed by atoms with Crippen LogP contribution in [0.1, 0.15) is 25.3 Å². The van der Waals surface area contributed by atoms with Gasteiger partial charge in [0.15, 0.2) is 5.78 Å². The first-order valence-corrected chi connectivity index (χ1v) is 9.02. The Morgan fingerprint density at radius 3 is 2.79 bits per heavy atom. The Morgan fingerprint density at radius 1 is 1.50 bits per heavy atom. The minimum absolute atomic E-state index is 0.0550. The molecule has 0 saturated heterocycles. The standard InChI is InChI=1S/C17H17BrCl2O4/c1-2-24-16(22)15-10(6-14(19)20)8-17(23,9-13(15)21)11-4-3-5-12(18)7-11/h3-7,10,15,23H,2,8-9H2,1H3/t10-,15-,17+/m0/s1. The highest BCUT2D eigenvalue weighted by Crippen LogP contribution is 2.43. The molecule has 1 aliphatic carbocycles. The number of carbonyl (C=O) groups excluding carboxylic acids is 2. The number of benzene rings is 1. The van der Waals surface area contributed by atoms with Crippen LogP contribution in [0.3, 0.4) is 0 Å². The number of carbonyl (C=O) groups is 2. The van der Waals surface area contributed by atoms with Crippen molar-refractivity contribution in [2.24, 2.45) is 11.8 Å². The number of ether oxygens (including phenoxy) is 1. The summed E-state index contributed by atoms with van der Waals surface area (Å²) >= 11 is 14.8. The van der Waals surface area contributed by atoms with Crippen LogP contribution in [0, 0.1) is 11.8 Å². The van der Waals surface area contributed by atoms with Gasteiger partial charge >= 0.3 is 5.97 Å². The van der Waals surface area contributed by atoms with Crippen molar-refractivity contribution in [3.8, 4) is 0 Å². The first-order chi connectivity index (χ1) is 11.3. The summed E-state index contributed by atoms with van der Waals surface area (Å²) in [6.07, 6.45) is 1.39. The van der Waals surface area contributed by atoms with Crippen molar-refractivity contribution in [3.05, 3.63) is 44.9 Å². The molecule has 0 bridgehead atoms. The third kappa shape index (κ3) is 4.39. The van der Waals surface area contributed by atoms with Crippen molar-refractivity contribution in [1.29, 1.82) is 0 Å². The third-order valence-corrected chi connectivity index (χ3v) is 4.80. The lowest BCUT2D eigenvalue weighted by Crippen LogP contribution is -2.45. The SMILES string of the molecule is CCOC(=O)[C@@H]1C(=O)C[C@@](O)(c2cccc(Br)c2)C[C@@H]1C=C(Cl)Cl. The second-order valence-electron chi connectivity index (χ2n) is 5.74. The van der Waals surface area contributed by atoms with Gasteiger partial charge in [0.25, 0.3) is 0 Å². The molecule has 4 nitrogen and oxygen atoms in total. The normalized spacial score (nSPS) is 26.8. The predicted octanol–water partition coefficient (Wildman–Crippen LogP) is 4.11. The Balaban J connectivity index is 2.40. The maximum atomic E-state index is 12.6. The van der Waals surface area contributed by atoms with E-state index >= 15 is 0 Å². The van der Waals surface area contributed by atoms with E-state index in [4.69, 9.17) is 27.9 Å². The van der Waals surface area contributed by atoms with E-state index in [1.807, 2.05) is 6.07 Å². The Morgan fingerprint density at radius 2 is 2.21 bits per heavy atom. The maximum Gasteiger partial charge on any atom is 0.317 e. The predicted molar refractivity (Wildman–Crippen MR) is 95.7 cm³/mol. The van der Waals surface area contributed by atoms with E-state index in [-0.39, 0.29) is 23.9 Å². The lowest BCUT2D eigenvalue weighted by atomic mass is 9.68. The molecule has 0 heterocycles. The molecular formula is C17H17BrCl2O4. The van der Waals surface area contributed by atoms with Gasteiger partial charge in [-0.3, -0.25) is 9.59 Å². The fourth-order valence-electron chi connectivity index (χ4n) is 3.07. The number of Topliss-reactive ketones (excluding diaryl/α,β-unsaturated/α-hetero) is 1. The number of hydrogen-bond acceptors (Lipinski definition) is 4. The lowest BCUT2D eigenvalue weighted by Gasteiger charge is -2.39. The molecule has 2 rings (SSSR count). The number of esters is 1. The summed E-state index contributed by atoms with van der Waals surface area (Å²) in [6, 6.07) is 7.09. The third-order valence-electron chi connectivity index (χ3n) is 4.06. The van der Waals surface area contributed by atoms with Crippen LogP contribution in [0.4, 0.5) is 0 Å². The molecule has 1 fully saturated rings. The quantitative estimate of drug-likeness (QED) is 0.570. The van der Waals surface area contributed by atoms with Gasteiger partial charge < -0.3 is 9.84 Å². The van der Waals surface area contributed by atoms with Crippen molar-refractivity contribution in [3.63, 3.8) is 0 Å². The lowest BCUT2D eigenvalue weighted by molar-refractivity contribution is -0.159. The molecule has 1 aromatic carbocycles. The highest BCUT2D eigenvalue weighted by molar-refractivity contribution is 9.10. The Bertz CT molecular complexity index is 672. The van der Waals surface area contributed by atoms with E-state index in [0.717, 1.165) is 4.47 Å². The number of ketones is 1. The van der Waals surface area contributed by atoms with Crippen LogP contribution in [0.25, 0.3) is 0 Å². The van der Waals surface area contributed by atoms with Crippen LogP contribution < -0.4 is 0 Å². The van der Waals surface area contributed by atoms with Crippen LogP contribution in [-0.2, 0) is 19.9 Å². The largest absolute Gasteiger partial charge is 0.465 e. The molecule has 1 aromatic rings. The van der Waals surface area contributed by atoms with Gasteiger partial charge in [0, 0.05) is 16.8 Å². The molecule has 7 heteroatoms. The smallest absolute Gasteiger partial charge is 0.317 e. The van der Waals surface area contributed by atoms with Crippen LogP contribution in [0.5, 0.6) is 0 Å². The molecule has 0 amide bonds. The molecule has 0 radical (unpaired) electrons. The first-order valence-electron chi connectivity index (χ1n) is 7.47. The number of rotatable bonds is 4. The Hall–Kier alpha value is -0.880. The van der Waals surface area contributed by atoms with Crippen LogP contribution >= 0.6 is 39.1 Å². The summed E-state index contributed by atoms with van der Waals surface area (Å²) < 4.78 is 5.73. The van der Waals surface area contributed by atoms with Gasteiger partial charge in [-0.25, -0.2) is 0 Å². The van der Waals surface area contributed by atoms with Gasteiger partial charge in [-0.15, -0.1) is 0 Å². The monoisotopic (exact) mass is 434 g/mol. The number of aliphatic hydroxyl groups is 1. The zero-order valence-corrected chi connectivity index (χ0v) is 16.1. The molecule has 130 valence electrons. The van der Waals surface area contributed by atoms with Crippen molar-refractivity contribution in [1.82, 2.24) is 0 Å². The summed E-state index contributed by atoms with van der Waals surface area (Å²) in [5, 5.41) is 11.0. The molecule has 24 heavy (non-hydrogen) atoms. The summed E-state index contributed by atoms with van der Waals surface area (Å²) in [4.78, 5) is 24.7. The molecule has 0 spiro atoms. The zero-order chi connectivity index (χ0) is 17.9. The minimum atomic E-state index is -1.39. The maximum absolute atomic E-state index is 12.6. The van der Waals surface area contributed by atoms with Crippen molar-refractivity contribution in [2.75, 3.05) is 6.61 Å². The second-order valence-corrected chi connectivity index (χ2v) is 7.66. The molecule has 3 atom stereocenters. The molecular weight excluding hydrogens is 419 g/mol.